The first-order valence-electron chi connectivity index (χ1n) is 15.4. The highest BCUT2D eigenvalue weighted by molar-refractivity contribution is 5.85. The summed E-state index contributed by atoms with van der Waals surface area (Å²) in [6.07, 6.45) is 14.6. The predicted octanol–water partition coefficient (Wildman–Crippen LogP) is 4.81. The van der Waals surface area contributed by atoms with Crippen molar-refractivity contribution in [2.75, 3.05) is 52.9 Å². The average Bonchev–Trinajstić information content (AvgIpc) is 3.47. The highest BCUT2D eigenvalue weighted by Gasteiger charge is 2.36. The van der Waals surface area contributed by atoms with E-state index in [9.17, 15) is 19.2 Å². The van der Waals surface area contributed by atoms with Gasteiger partial charge in [-0.05, 0) is 50.4 Å². The second kappa shape index (κ2) is 21.4. The number of hydrogen-bond donors (Lipinski definition) is 0. The van der Waals surface area contributed by atoms with Crippen LogP contribution in [0.15, 0.2) is 24.3 Å². The molecule has 2 saturated carbocycles. The maximum Gasteiger partial charge on any atom is 0.306 e. The Bertz CT molecular complexity index is 782. The quantitative estimate of drug-likeness (QED) is 0.101. The first kappa shape index (κ1) is 34.8. The fraction of sp³-hybridized carbons (Fsp3) is 0.750. The van der Waals surface area contributed by atoms with Crippen molar-refractivity contribution < 1.29 is 42.9 Å². The molecule has 0 radical (unpaired) electrons. The highest BCUT2D eigenvalue weighted by atomic mass is 16.6. The lowest BCUT2D eigenvalue weighted by molar-refractivity contribution is -0.147. The summed E-state index contributed by atoms with van der Waals surface area (Å²) in [5.74, 6) is -0.0798. The Morgan fingerprint density at radius 3 is 1.34 bits per heavy atom. The van der Waals surface area contributed by atoms with Gasteiger partial charge in [-0.3, -0.25) is 19.2 Å². The molecule has 2 aliphatic rings. The first-order valence-corrected chi connectivity index (χ1v) is 15.4. The molecule has 0 aromatic heterocycles. The molecule has 4 unspecified atom stereocenters. The lowest BCUT2D eigenvalue weighted by Gasteiger charge is -2.16. The minimum Gasteiger partial charge on any atom is -0.463 e. The molecule has 0 N–H and O–H groups in total. The van der Waals surface area contributed by atoms with E-state index in [4.69, 9.17) is 23.7 Å². The molecule has 0 amide bonds. The van der Waals surface area contributed by atoms with E-state index in [1.54, 1.807) is 0 Å². The summed E-state index contributed by atoms with van der Waals surface area (Å²) in [4.78, 5) is 48.5. The van der Waals surface area contributed by atoms with Crippen molar-refractivity contribution in [3.8, 4) is 0 Å². The Labute approximate surface area is 245 Å². The molecule has 0 aliphatic heterocycles. The van der Waals surface area contributed by atoms with Gasteiger partial charge in [-0.2, -0.15) is 0 Å². The van der Waals surface area contributed by atoms with Crippen molar-refractivity contribution in [3.63, 3.8) is 0 Å². The number of hydrogen-bond acceptors (Lipinski definition) is 9. The van der Waals surface area contributed by atoms with E-state index in [0.717, 1.165) is 25.7 Å². The van der Waals surface area contributed by atoms with E-state index in [1.165, 1.54) is 0 Å². The highest BCUT2D eigenvalue weighted by Crippen LogP contribution is 2.35. The van der Waals surface area contributed by atoms with E-state index in [1.807, 2.05) is 12.2 Å². The molecule has 0 spiro atoms. The number of ketones is 2. The SMILES string of the molecule is CC/C=C\CC1C(=O)CCC1CC(=O)OCCOCCOCCOCCOC(=O)CC1CCC(=O)C1C/C=C\CC. The van der Waals surface area contributed by atoms with Gasteiger partial charge in [0.05, 0.1) is 39.6 Å². The average molecular weight is 579 g/mol. The van der Waals surface area contributed by atoms with Gasteiger partial charge in [0.1, 0.15) is 24.8 Å². The summed E-state index contributed by atoms with van der Waals surface area (Å²) in [5.41, 5.74) is 0. The molecule has 4 atom stereocenters. The van der Waals surface area contributed by atoms with Crippen LogP contribution in [0.4, 0.5) is 0 Å². The Morgan fingerprint density at radius 2 is 0.976 bits per heavy atom. The van der Waals surface area contributed by atoms with Gasteiger partial charge in [0, 0.05) is 37.5 Å². The molecule has 2 fully saturated rings. The van der Waals surface area contributed by atoms with Crippen molar-refractivity contribution in [3.05, 3.63) is 24.3 Å². The van der Waals surface area contributed by atoms with Gasteiger partial charge in [0.2, 0.25) is 0 Å². The zero-order valence-electron chi connectivity index (χ0n) is 25.0. The number of carbonyl (C=O) groups excluding carboxylic acids is 4. The van der Waals surface area contributed by atoms with Crippen LogP contribution in [-0.2, 0) is 42.9 Å². The van der Waals surface area contributed by atoms with Gasteiger partial charge in [-0.1, -0.05) is 38.2 Å². The molecule has 0 bridgehead atoms. The standard InChI is InChI=1S/C32H50O9/c1-3-5-7-9-27-25(11-13-29(27)33)23-31(35)40-21-19-38-17-15-37-16-18-39-20-22-41-32(36)24-26-12-14-30(34)28(26)10-8-6-4-2/h5-8,25-28H,3-4,9-24H2,1-2H3/b7-5-,8-6-. The number of allylic oxidation sites excluding steroid dienone is 4. The van der Waals surface area contributed by atoms with Gasteiger partial charge in [-0.25, -0.2) is 0 Å². The Hall–Kier alpha value is -2.36. The molecule has 232 valence electrons. The molecule has 9 nitrogen and oxygen atoms in total. The van der Waals surface area contributed by atoms with Gasteiger partial charge in [-0.15, -0.1) is 0 Å². The van der Waals surface area contributed by atoms with Crippen LogP contribution in [0.2, 0.25) is 0 Å². The Morgan fingerprint density at radius 1 is 0.610 bits per heavy atom. The second-order valence-electron chi connectivity index (χ2n) is 10.7. The molecular weight excluding hydrogens is 528 g/mol. The van der Waals surface area contributed by atoms with Crippen LogP contribution in [0.3, 0.4) is 0 Å². The summed E-state index contributed by atoms with van der Waals surface area (Å²) < 4.78 is 26.9. The van der Waals surface area contributed by atoms with Gasteiger partial charge in [0.15, 0.2) is 0 Å². The number of rotatable bonds is 22. The molecule has 0 heterocycles. The minimum atomic E-state index is -0.283. The molecule has 41 heavy (non-hydrogen) atoms. The van der Waals surface area contributed by atoms with E-state index in [-0.39, 0.29) is 86.4 Å². The minimum absolute atomic E-state index is 0.0645. The summed E-state index contributed by atoms with van der Waals surface area (Å²) in [7, 11) is 0. The van der Waals surface area contributed by atoms with E-state index in [2.05, 4.69) is 26.0 Å². The smallest absolute Gasteiger partial charge is 0.306 e. The van der Waals surface area contributed by atoms with Crippen LogP contribution in [0, 0.1) is 23.7 Å². The van der Waals surface area contributed by atoms with Gasteiger partial charge >= 0.3 is 11.9 Å². The maximum atomic E-state index is 12.2. The fourth-order valence-corrected chi connectivity index (χ4v) is 5.43. The molecule has 0 saturated heterocycles. The monoisotopic (exact) mass is 578 g/mol. The molecule has 9 heteroatoms. The van der Waals surface area contributed by atoms with Crippen LogP contribution in [-0.4, -0.2) is 76.4 Å². The van der Waals surface area contributed by atoms with Crippen LogP contribution >= 0.6 is 0 Å². The molecule has 2 rings (SSSR count). The van der Waals surface area contributed by atoms with E-state index in [0.29, 0.717) is 52.1 Å². The summed E-state index contributed by atoms with van der Waals surface area (Å²) in [6.45, 7) is 6.55. The first-order chi connectivity index (χ1) is 20.0. The van der Waals surface area contributed by atoms with Crippen molar-refractivity contribution in [1.82, 2.24) is 0 Å². The van der Waals surface area contributed by atoms with E-state index < -0.39 is 0 Å². The normalized spacial score (nSPS) is 22.8. The van der Waals surface area contributed by atoms with Crippen LogP contribution < -0.4 is 0 Å². The zero-order valence-corrected chi connectivity index (χ0v) is 25.0. The van der Waals surface area contributed by atoms with Crippen LogP contribution in [0.25, 0.3) is 0 Å². The topological polar surface area (TPSA) is 114 Å². The van der Waals surface area contributed by atoms with E-state index >= 15 is 0 Å². The third-order valence-electron chi connectivity index (χ3n) is 7.66. The second-order valence-corrected chi connectivity index (χ2v) is 10.7. The number of carbonyl (C=O) groups is 4. The number of Topliss-reactive ketones (excluding diaryl/α,β-unsaturated/α-hetero) is 2. The molecule has 2 aliphatic carbocycles. The molecular formula is C32H50O9. The lowest BCUT2D eigenvalue weighted by Crippen LogP contribution is -2.20. The van der Waals surface area contributed by atoms with Crippen LogP contribution in [0.5, 0.6) is 0 Å². The summed E-state index contributed by atoms with van der Waals surface area (Å²) in [5, 5.41) is 0. The van der Waals surface area contributed by atoms with Crippen molar-refractivity contribution in [2.24, 2.45) is 23.7 Å². The van der Waals surface area contributed by atoms with Gasteiger partial charge in [0.25, 0.3) is 0 Å². The van der Waals surface area contributed by atoms with Crippen molar-refractivity contribution in [1.29, 1.82) is 0 Å². The van der Waals surface area contributed by atoms with Crippen molar-refractivity contribution >= 4 is 23.5 Å². The third kappa shape index (κ3) is 14.4. The zero-order chi connectivity index (χ0) is 29.7. The summed E-state index contributed by atoms with van der Waals surface area (Å²) in [6, 6.07) is 0. The largest absolute Gasteiger partial charge is 0.463 e. The fourth-order valence-electron chi connectivity index (χ4n) is 5.43. The number of esters is 2. The Kier molecular flexibility index (Phi) is 18.1. The third-order valence-corrected chi connectivity index (χ3v) is 7.66. The Balaban J connectivity index is 1.39. The van der Waals surface area contributed by atoms with Crippen LogP contribution in [0.1, 0.15) is 78.1 Å². The summed E-state index contributed by atoms with van der Waals surface area (Å²) >= 11 is 0. The predicted molar refractivity (Wildman–Crippen MR) is 154 cm³/mol. The maximum absolute atomic E-state index is 12.2. The number of ether oxygens (including phenoxy) is 5. The molecule has 0 aromatic carbocycles. The van der Waals surface area contributed by atoms with Crippen molar-refractivity contribution in [2.45, 2.75) is 78.1 Å². The molecule has 0 aromatic rings. The van der Waals surface area contributed by atoms with Gasteiger partial charge < -0.3 is 23.7 Å². The lowest BCUT2D eigenvalue weighted by atomic mass is 9.89.